The number of halogens is 1. The van der Waals surface area contributed by atoms with Crippen molar-refractivity contribution in [3.05, 3.63) is 90.5 Å². The number of carbonyl (C=O) groups is 1. The van der Waals surface area contributed by atoms with Crippen LogP contribution >= 0.6 is 12.4 Å². The first kappa shape index (κ1) is 19.9. The van der Waals surface area contributed by atoms with Crippen LogP contribution in [0.4, 0.5) is 5.69 Å². The lowest BCUT2D eigenvalue weighted by Crippen LogP contribution is -2.42. The van der Waals surface area contributed by atoms with E-state index < -0.39 is 0 Å². The van der Waals surface area contributed by atoms with Gasteiger partial charge < -0.3 is 15.0 Å². The Kier molecular flexibility index (Phi) is 6.69. The van der Waals surface area contributed by atoms with Gasteiger partial charge in [0.15, 0.2) is 0 Å². The monoisotopic (exact) mass is 394 g/mol. The maximum absolute atomic E-state index is 13.6. The van der Waals surface area contributed by atoms with Crippen molar-refractivity contribution in [1.29, 1.82) is 0 Å². The van der Waals surface area contributed by atoms with Gasteiger partial charge in [-0.3, -0.25) is 4.79 Å². The molecule has 144 valence electrons. The third kappa shape index (κ3) is 4.35. The Morgan fingerprint density at radius 2 is 1.54 bits per heavy atom. The van der Waals surface area contributed by atoms with E-state index in [-0.39, 0.29) is 24.4 Å². The Bertz CT molecular complexity index is 897. The summed E-state index contributed by atoms with van der Waals surface area (Å²) in [6, 6.07) is 27.0. The zero-order valence-corrected chi connectivity index (χ0v) is 16.3. The summed E-state index contributed by atoms with van der Waals surface area (Å²) in [4.78, 5) is 15.5. The van der Waals surface area contributed by atoms with Crippen LogP contribution in [0.1, 0.15) is 16.8 Å². The second-order valence-corrected chi connectivity index (χ2v) is 6.57. The molecule has 1 saturated heterocycles. The molecule has 1 N–H and O–H groups in total. The molecule has 3 aromatic carbocycles. The summed E-state index contributed by atoms with van der Waals surface area (Å²) in [6.07, 6.45) is 0.933. The number of hydrogen-bond donors (Lipinski definition) is 1. The average Bonchev–Trinajstić information content (AvgIpc) is 3.24. The van der Waals surface area contributed by atoms with Gasteiger partial charge in [0, 0.05) is 12.2 Å². The molecule has 0 saturated carbocycles. The number of nitrogens with one attached hydrogen (secondary N) is 1. The van der Waals surface area contributed by atoms with Gasteiger partial charge in [-0.1, -0.05) is 48.5 Å². The Labute approximate surface area is 171 Å². The molecule has 4 nitrogen and oxygen atoms in total. The SMILES string of the molecule is Cl.O=C(c1ccccc1Oc1ccccc1)N(c1ccccc1)[C@H]1CCNC1. The number of ether oxygens (including phenoxy) is 1. The maximum Gasteiger partial charge on any atom is 0.262 e. The number of rotatable bonds is 5. The van der Waals surface area contributed by atoms with Gasteiger partial charge in [0.05, 0.1) is 11.6 Å². The van der Waals surface area contributed by atoms with E-state index in [0.29, 0.717) is 17.1 Å². The molecular formula is C23H23ClN2O2. The fourth-order valence-electron chi connectivity index (χ4n) is 3.42. The lowest BCUT2D eigenvalue weighted by molar-refractivity contribution is 0.0976. The van der Waals surface area contributed by atoms with Crippen LogP contribution in [0, 0.1) is 0 Å². The minimum absolute atomic E-state index is 0. The van der Waals surface area contributed by atoms with Gasteiger partial charge in [0.1, 0.15) is 11.5 Å². The zero-order chi connectivity index (χ0) is 18.5. The summed E-state index contributed by atoms with van der Waals surface area (Å²) in [6.45, 7) is 1.71. The summed E-state index contributed by atoms with van der Waals surface area (Å²) >= 11 is 0. The van der Waals surface area contributed by atoms with Crippen LogP contribution in [0.15, 0.2) is 84.9 Å². The summed E-state index contributed by atoms with van der Waals surface area (Å²) in [5.41, 5.74) is 1.47. The third-order valence-corrected chi connectivity index (χ3v) is 4.74. The highest BCUT2D eigenvalue weighted by atomic mass is 35.5. The first-order valence-electron chi connectivity index (χ1n) is 9.24. The highest BCUT2D eigenvalue weighted by Crippen LogP contribution is 2.29. The van der Waals surface area contributed by atoms with Crippen LogP contribution in [0.5, 0.6) is 11.5 Å². The van der Waals surface area contributed by atoms with Crippen molar-refractivity contribution in [2.45, 2.75) is 12.5 Å². The summed E-state index contributed by atoms with van der Waals surface area (Å²) in [7, 11) is 0. The summed E-state index contributed by atoms with van der Waals surface area (Å²) < 4.78 is 6.02. The molecule has 0 radical (unpaired) electrons. The zero-order valence-electron chi connectivity index (χ0n) is 15.5. The van der Waals surface area contributed by atoms with E-state index in [0.717, 1.165) is 25.2 Å². The van der Waals surface area contributed by atoms with Crippen molar-refractivity contribution in [2.24, 2.45) is 0 Å². The molecular weight excluding hydrogens is 372 g/mol. The first-order chi connectivity index (χ1) is 13.3. The van der Waals surface area contributed by atoms with Gasteiger partial charge in [-0.15, -0.1) is 12.4 Å². The molecule has 1 aliphatic rings. The average molecular weight is 395 g/mol. The molecule has 1 fully saturated rings. The van der Waals surface area contributed by atoms with E-state index in [9.17, 15) is 4.79 Å². The number of hydrogen-bond acceptors (Lipinski definition) is 3. The Balaban J connectivity index is 0.00000225. The molecule has 0 aliphatic carbocycles. The van der Waals surface area contributed by atoms with Crippen LogP contribution < -0.4 is 15.0 Å². The van der Waals surface area contributed by atoms with Gasteiger partial charge in [0.25, 0.3) is 5.91 Å². The number of nitrogens with zero attached hydrogens (tertiary/aromatic N) is 1. The van der Waals surface area contributed by atoms with E-state index in [1.165, 1.54) is 0 Å². The van der Waals surface area contributed by atoms with Gasteiger partial charge in [-0.25, -0.2) is 0 Å². The van der Waals surface area contributed by atoms with Crippen molar-refractivity contribution < 1.29 is 9.53 Å². The van der Waals surface area contributed by atoms with Crippen molar-refractivity contribution in [1.82, 2.24) is 5.32 Å². The highest BCUT2D eigenvalue weighted by molar-refractivity contribution is 6.08. The topological polar surface area (TPSA) is 41.6 Å². The largest absolute Gasteiger partial charge is 0.457 e. The minimum Gasteiger partial charge on any atom is -0.457 e. The van der Waals surface area contributed by atoms with E-state index in [1.54, 1.807) is 0 Å². The van der Waals surface area contributed by atoms with Gasteiger partial charge in [-0.2, -0.15) is 0 Å². The third-order valence-electron chi connectivity index (χ3n) is 4.74. The molecule has 0 bridgehead atoms. The predicted octanol–water partition coefficient (Wildman–Crippen LogP) is 4.91. The van der Waals surface area contributed by atoms with Crippen LogP contribution in [0.25, 0.3) is 0 Å². The first-order valence-corrected chi connectivity index (χ1v) is 9.24. The number of anilines is 1. The molecule has 3 aromatic rings. The Morgan fingerprint density at radius 1 is 0.893 bits per heavy atom. The van der Waals surface area contributed by atoms with Gasteiger partial charge in [0.2, 0.25) is 0 Å². The van der Waals surface area contributed by atoms with Crippen LogP contribution in [-0.2, 0) is 0 Å². The molecule has 28 heavy (non-hydrogen) atoms. The minimum atomic E-state index is -0.0403. The second-order valence-electron chi connectivity index (χ2n) is 6.57. The molecule has 0 unspecified atom stereocenters. The van der Waals surface area contributed by atoms with Crippen molar-refractivity contribution in [3.63, 3.8) is 0 Å². The maximum atomic E-state index is 13.6. The lowest BCUT2D eigenvalue weighted by Gasteiger charge is -2.29. The summed E-state index contributed by atoms with van der Waals surface area (Å²) in [5.74, 6) is 1.24. The van der Waals surface area contributed by atoms with E-state index in [1.807, 2.05) is 89.8 Å². The number of benzene rings is 3. The standard InChI is InChI=1S/C23H22N2O2.ClH/c26-23(25(19-15-16-24-17-19)18-9-3-1-4-10-18)21-13-7-8-14-22(21)27-20-11-5-2-6-12-20;/h1-14,19,24H,15-17H2;1H/t19-;/m0./s1. The van der Waals surface area contributed by atoms with Gasteiger partial charge in [-0.05, 0) is 49.4 Å². The molecule has 1 amide bonds. The Hall–Kier alpha value is -2.82. The van der Waals surface area contributed by atoms with Crippen LogP contribution in [0.2, 0.25) is 0 Å². The summed E-state index contributed by atoms with van der Waals surface area (Å²) in [5, 5.41) is 3.36. The smallest absolute Gasteiger partial charge is 0.262 e. The highest BCUT2D eigenvalue weighted by Gasteiger charge is 2.30. The molecule has 0 spiro atoms. The van der Waals surface area contributed by atoms with Crippen molar-refractivity contribution >= 4 is 24.0 Å². The van der Waals surface area contributed by atoms with Gasteiger partial charge >= 0.3 is 0 Å². The van der Waals surface area contributed by atoms with E-state index in [2.05, 4.69) is 5.32 Å². The van der Waals surface area contributed by atoms with E-state index >= 15 is 0 Å². The van der Waals surface area contributed by atoms with Crippen LogP contribution in [-0.4, -0.2) is 25.0 Å². The normalized spacial score (nSPS) is 15.5. The number of carbonyl (C=O) groups excluding carboxylic acids is 1. The molecule has 5 heteroatoms. The molecule has 1 atom stereocenters. The lowest BCUT2D eigenvalue weighted by atomic mass is 10.1. The predicted molar refractivity (Wildman–Crippen MR) is 115 cm³/mol. The van der Waals surface area contributed by atoms with Crippen molar-refractivity contribution in [2.75, 3.05) is 18.0 Å². The van der Waals surface area contributed by atoms with Crippen LogP contribution in [0.3, 0.4) is 0 Å². The molecule has 1 heterocycles. The number of para-hydroxylation sites is 3. The number of amides is 1. The molecule has 4 rings (SSSR count). The van der Waals surface area contributed by atoms with E-state index in [4.69, 9.17) is 4.74 Å². The second kappa shape index (κ2) is 9.40. The Morgan fingerprint density at radius 3 is 2.21 bits per heavy atom. The van der Waals surface area contributed by atoms with Crippen molar-refractivity contribution in [3.8, 4) is 11.5 Å². The fourth-order valence-corrected chi connectivity index (χ4v) is 3.42. The fraction of sp³-hybridized carbons (Fsp3) is 0.174. The molecule has 1 aliphatic heterocycles. The quantitative estimate of drug-likeness (QED) is 0.668. The molecule has 0 aromatic heterocycles.